The zero-order valence-electron chi connectivity index (χ0n) is 17.6. The van der Waals surface area contributed by atoms with Crippen molar-refractivity contribution in [2.45, 2.75) is 32.4 Å². The molecule has 5 rings (SSSR count). The lowest BCUT2D eigenvalue weighted by atomic mass is 10.1. The number of hydrogen-bond acceptors (Lipinski definition) is 3. The zero-order chi connectivity index (χ0) is 21.2. The van der Waals surface area contributed by atoms with Gasteiger partial charge < -0.3 is 5.32 Å². The van der Waals surface area contributed by atoms with Crippen LogP contribution in [0.5, 0.6) is 0 Å². The normalized spacial score (nSPS) is 16.1. The molecule has 31 heavy (non-hydrogen) atoms. The molecule has 0 bridgehead atoms. The summed E-state index contributed by atoms with van der Waals surface area (Å²) in [6.07, 6.45) is 3.90. The number of carbonyl (C=O) groups is 2. The molecule has 1 N–H and O–H groups in total. The first kappa shape index (κ1) is 19.8. The maximum absolute atomic E-state index is 12.9. The predicted molar refractivity (Wildman–Crippen MR) is 123 cm³/mol. The Hall–Kier alpha value is -3.18. The second-order valence-electron chi connectivity index (χ2n) is 8.51. The second-order valence-corrected chi connectivity index (χ2v) is 8.51. The van der Waals surface area contributed by atoms with E-state index in [0.717, 1.165) is 28.6 Å². The number of likely N-dealkylation sites (tertiary alicyclic amines) is 1. The molecule has 0 aromatic heterocycles. The molecule has 0 unspecified atom stereocenters. The van der Waals surface area contributed by atoms with Crippen molar-refractivity contribution in [3.05, 3.63) is 77.4 Å². The number of nitrogens with zero attached hydrogens (tertiary/aromatic N) is 2. The van der Waals surface area contributed by atoms with E-state index in [2.05, 4.69) is 28.4 Å². The van der Waals surface area contributed by atoms with Crippen LogP contribution in [-0.2, 0) is 17.9 Å². The van der Waals surface area contributed by atoms with Gasteiger partial charge in [-0.05, 0) is 54.6 Å². The first-order valence-electron chi connectivity index (χ1n) is 11.1. The number of hydrogen-bond donors (Lipinski definition) is 1. The first-order chi connectivity index (χ1) is 15.2. The van der Waals surface area contributed by atoms with Gasteiger partial charge in [-0.2, -0.15) is 0 Å². The summed E-state index contributed by atoms with van der Waals surface area (Å²) in [5, 5.41) is 4.95. The van der Waals surface area contributed by atoms with E-state index in [-0.39, 0.29) is 18.4 Å². The van der Waals surface area contributed by atoms with Crippen LogP contribution in [0.1, 0.15) is 40.7 Å². The minimum Gasteiger partial charge on any atom is -0.350 e. The second kappa shape index (κ2) is 8.52. The van der Waals surface area contributed by atoms with E-state index < -0.39 is 0 Å². The third kappa shape index (κ3) is 4.06. The van der Waals surface area contributed by atoms with E-state index in [0.29, 0.717) is 12.1 Å². The van der Waals surface area contributed by atoms with Crippen LogP contribution in [0.2, 0.25) is 0 Å². The molecule has 3 aromatic carbocycles. The molecule has 2 aliphatic rings. The number of anilines is 1. The summed E-state index contributed by atoms with van der Waals surface area (Å²) >= 11 is 0. The molecule has 0 radical (unpaired) electrons. The van der Waals surface area contributed by atoms with E-state index in [1.165, 1.54) is 37.9 Å². The standard InChI is InChI=1S/C26H27N3O2/c30-24(18-29-23-12-6-10-21-9-5-11-22(25(21)23)26(29)31)27-16-19-7-4-8-20(15-19)17-28-13-2-1-3-14-28/h4-12,15H,1-3,13-14,16-18H2,(H,27,30). The van der Waals surface area contributed by atoms with E-state index in [1.807, 2.05) is 42.5 Å². The number of nitrogens with one attached hydrogen (secondary N) is 1. The lowest BCUT2D eigenvalue weighted by Crippen LogP contribution is -2.38. The smallest absolute Gasteiger partial charge is 0.259 e. The van der Waals surface area contributed by atoms with Crippen LogP contribution < -0.4 is 10.2 Å². The molecule has 1 fully saturated rings. The topological polar surface area (TPSA) is 52.7 Å². The van der Waals surface area contributed by atoms with Crippen molar-refractivity contribution in [3.63, 3.8) is 0 Å². The van der Waals surface area contributed by atoms with Gasteiger partial charge in [0.15, 0.2) is 0 Å². The Kier molecular flexibility index (Phi) is 5.43. The molecule has 5 nitrogen and oxygen atoms in total. The van der Waals surface area contributed by atoms with Gasteiger partial charge in [0.1, 0.15) is 6.54 Å². The molecular formula is C26H27N3O2. The monoisotopic (exact) mass is 413 g/mol. The Balaban J connectivity index is 1.22. The molecular weight excluding hydrogens is 386 g/mol. The molecule has 3 aromatic rings. The third-order valence-corrected chi connectivity index (χ3v) is 6.29. The fourth-order valence-corrected chi connectivity index (χ4v) is 4.75. The molecule has 2 heterocycles. The Labute approximate surface area is 182 Å². The highest BCUT2D eigenvalue weighted by Gasteiger charge is 2.30. The summed E-state index contributed by atoms with van der Waals surface area (Å²) in [5.74, 6) is -0.259. The van der Waals surface area contributed by atoms with Crippen LogP contribution in [0.25, 0.3) is 10.8 Å². The average molecular weight is 414 g/mol. The van der Waals surface area contributed by atoms with Gasteiger partial charge >= 0.3 is 0 Å². The molecule has 0 aliphatic carbocycles. The number of benzene rings is 3. The average Bonchev–Trinajstić information content (AvgIpc) is 3.07. The van der Waals surface area contributed by atoms with Gasteiger partial charge in [0.2, 0.25) is 5.91 Å². The highest BCUT2D eigenvalue weighted by atomic mass is 16.2. The van der Waals surface area contributed by atoms with Crippen LogP contribution >= 0.6 is 0 Å². The molecule has 158 valence electrons. The van der Waals surface area contributed by atoms with Crippen LogP contribution in [0, 0.1) is 0 Å². The minimum absolute atomic E-state index is 0.0279. The highest BCUT2D eigenvalue weighted by molar-refractivity contribution is 6.26. The third-order valence-electron chi connectivity index (χ3n) is 6.29. The van der Waals surface area contributed by atoms with Gasteiger partial charge in [-0.1, -0.05) is 55.0 Å². The SMILES string of the molecule is O=C(CN1C(=O)c2cccc3cccc1c23)NCc1cccc(CN2CCCCC2)c1. The van der Waals surface area contributed by atoms with Gasteiger partial charge in [-0.3, -0.25) is 19.4 Å². The molecule has 1 saturated heterocycles. The Morgan fingerprint density at radius 3 is 2.48 bits per heavy atom. The van der Waals surface area contributed by atoms with E-state index in [4.69, 9.17) is 0 Å². The summed E-state index contributed by atoms with van der Waals surface area (Å²) < 4.78 is 0. The van der Waals surface area contributed by atoms with Gasteiger partial charge in [0.05, 0.1) is 5.69 Å². The van der Waals surface area contributed by atoms with Crippen molar-refractivity contribution in [2.75, 3.05) is 24.5 Å². The maximum Gasteiger partial charge on any atom is 0.259 e. The first-order valence-corrected chi connectivity index (χ1v) is 11.1. The van der Waals surface area contributed by atoms with Crippen molar-refractivity contribution in [2.24, 2.45) is 0 Å². The largest absolute Gasteiger partial charge is 0.350 e. The lowest BCUT2D eigenvalue weighted by molar-refractivity contribution is -0.119. The van der Waals surface area contributed by atoms with Crippen LogP contribution in [0.4, 0.5) is 5.69 Å². The number of carbonyl (C=O) groups excluding carboxylic acids is 2. The summed E-state index contributed by atoms with van der Waals surface area (Å²) in [7, 11) is 0. The fraction of sp³-hybridized carbons (Fsp3) is 0.308. The lowest BCUT2D eigenvalue weighted by Gasteiger charge is -2.26. The minimum atomic E-state index is -0.153. The summed E-state index contributed by atoms with van der Waals surface area (Å²) in [6.45, 7) is 3.79. The molecule has 0 saturated carbocycles. The van der Waals surface area contributed by atoms with Crippen molar-refractivity contribution in [3.8, 4) is 0 Å². The van der Waals surface area contributed by atoms with Crippen molar-refractivity contribution >= 4 is 28.3 Å². The van der Waals surface area contributed by atoms with Gasteiger partial charge in [-0.15, -0.1) is 0 Å². The molecule has 5 heteroatoms. The Morgan fingerprint density at radius 1 is 0.903 bits per heavy atom. The molecule has 0 spiro atoms. The number of amides is 2. The van der Waals surface area contributed by atoms with Crippen LogP contribution in [0.3, 0.4) is 0 Å². The van der Waals surface area contributed by atoms with Crippen LogP contribution in [0.15, 0.2) is 60.7 Å². The Morgan fingerprint density at radius 2 is 1.65 bits per heavy atom. The summed E-state index contributed by atoms with van der Waals surface area (Å²) in [5.41, 5.74) is 3.86. The molecule has 0 atom stereocenters. The van der Waals surface area contributed by atoms with Crippen molar-refractivity contribution < 1.29 is 9.59 Å². The van der Waals surface area contributed by atoms with Gasteiger partial charge in [0.25, 0.3) is 5.91 Å². The number of piperidine rings is 1. The quantitative estimate of drug-likeness (QED) is 0.662. The van der Waals surface area contributed by atoms with Crippen molar-refractivity contribution in [1.82, 2.24) is 10.2 Å². The Bertz CT molecular complexity index is 1130. The van der Waals surface area contributed by atoms with E-state index >= 15 is 0 Å². The maximum atomic E-state index is 12.9. The molecule has 2 amide bonds. The number of rotatable bonds is 6. The van der Waals surface area contributed by atoms with E-state index in [9.17, 15) is 9.59 Å². The summed E-state index contributed by atoms with van der Waals surface area (Å²) in [4.78, 5) is 29.6. The summed E-state index contributed by atoms with van der Waals surface area (Å²) in [6, 6.07) is 20.0. The van der Waals surface area contributed by atoms with Gasteiger partial charge in [-0.25, -0.2) is 0 Å². The fourth-order valence-electron chi connectivity index (χ4n) is 4.75. The van der Waals surface area contributed by atoms with Crippen LogP contribution in [-0.4, -0.2) is 36.3 Å². The molecule has 2 aliphatic heterocycles. The zero-order valence-corrected chi connectivity index (χ0v) is 17.6. The highest BCUT2D eigenvalue weighted by Crippen LogP contribution is 2.36. The van der Waals surface area contributed by atoms with Crippen molar-refractivity contribution in [1.29, 1.82) is 0 Å². The van der Waals surface area contributed by atoms with Gasteiger partial charge in [0, 0.05) is 24.0 Å². The van der Waals surface area contributed by atoms with E-state index in [1.54, 1.807) is 4.90 Å². The predicted octanol–water partition coefficient (Wildman–Crippen LogP) is 4.10.